The first-order valence-corrected chi connectivity index (χ1v) is 7.95. The predicted octanol–water partition coefficient (Wildman–Crippen LogP) is 5.16. The van der Waals surface area contributed by atoms with Crippen LogP contribution in [-0.4, -0.2) is 11.5 Å². The third-order valence-electron chi connectivity index (χ3n) is 3.26. The van der Waals surface area contributed by atoms with E-state index in [1.54, 1.807) is 12.1 Å². The van der Waals surface area contributed by atoms with Crippen LogP contribution in [0.2, 0.25) is 5.15 Å². The van der Waals surface area contributed by atoms with Crippen molar-refractivity contribution in [1.82, 2.24) is 4.98 Å². The Labute approximate surface area is 127 Å². The number of rotatable bonds is 10. The van der Waals surface area contributed by atoms with Gasteiger partial charge in [0.05, 0.1) is 11.6 Å². The molecule has 1 heterocycles. The molecule has 0 saturated heterocycles. The molecule has 0 radical (unpaired) electrons. The summed E-state index contributed by atoms with van der Waals surface area (Å²) in [5, 5.41) is 12.4. The lowest BCUT2D eigenvalue weighted by atomic mass is 10.1. The number of pyridine rings is 1. The molecule has 1 rings (SSSR count). The molecular formula is C16H24ClN3. The van der Waals surface area contributed by atoms with Crippen LogP contribution in [0.3, 0.4) is 0 Å². The minimum absolute atomic E-state index is 0.363. The molecule has 0 fully saturated rings. The highest BCUT2D eigenvalue weighted by Gasteiger charge is 2.00. The number of hydrogen-bond donors (Lipinski definition) is 1. The maximum atomic E-state index is 8.85. The van der Waals surface area contributed by atoms with Crippen LogP contribution in [0.1, 0.15) is 63.9 Å². The highest BCUT2D eigenvalue weighted by Crippen LogP contribution is 2.14. The van der Waals surface area contributed by atoms with Crippen molar-refractivity contribution in [3.63, 3.8) is 0 Å². The van der Waals surface area contributed by atoms with Crippen LogP contribution >= 0.6 is 11.6 Å². The van der Waals surface area contributed by atoms with E-state index in [2.05, 4.69) is 23.3 Å². The van der Waals surface area contributed by atoms with Crippen LogP contribution in [-0.2, 0) is 0 Å². The molecule has 0 saturated carbocycles. The third kappa shape index (κ3) is 7.35. The quantitative estimate of drug-likeness (QED) is 0.479. The summed E-state index contributed by atoms with van der Waals surface area (Å²) in [4.78, 5) is 4.15. The molecule has 1 N–H and O–H groups in total. The molecule has 0 atom stereocenters. The number of nitrogens with zero attached hydrogens (tertiary/aromatic N) is 2. The summed E-state index contributed by atoms with van der Waals surface area (Å²) in [6, 6.07) is 5.38. The van der Waals surface area contributed by atoms with Crippen LogP contribution in [0.5, 0.6) is 0 Å². The first kappa shape index (κ1) is 16.8. The van der Waals surface area contributed by atoms with Gasteiger partial charge in [-0.2, -0.15) is 5.26 Å². The molecule has 4 heteroatoms. The summed E-state index contributed by atoms with van der Waals surface area (Å²) in [7, 11) is 0. The number of unbranched alkanes of at least 4 members (excludes halogenated alkanes) is 7. The minimum atomic E-state index is 0.363. The molecule has 1 aromatic heterocycles. The van der Waals surface area contributed by atoms with Gasteiger partial charge in [0, 0.05) is 6.54 Å². The van der Waals surface area contributed by atoms with E-state index >= 15 is 0 Å². The molecule has 1 aromatic rings. The van der Waals surface area contributed by atoms with Crippen LogP contribution in [0, 0.1) is 11.3 Å². The molecule has 0 aliphatic rings. The zero-order valence-electron chi connectivity index (χ0n) is 12.3. The van der Waals surface area contributed by atoms with Crippen LogP contribution in [0.25, 0.3) is 0 Å². The molecule has 0 aromatic carbocycles. The number of nitriles is 1. The Morgan fingerprint density at radius 2 is 1.75 bits per heavy atom. The molecule has 0 aliphatic carbocycles. The largest absolute Gasteiger partial charge is 0.370 e. The molecule has 3 nitrogen and oxygen atoms in total. The minimum Gasteiger partial charge on any atom is -0.370 e. The van der Waals surface area contributed by atoms with Gasteiger partial charge in [0.1, 0.15) is 11.0 Å². The van der Waals surface area contributed by atoms with Crippen molar-refractivity contribution in [2.45, 2.75) is 58.3 Å². The number of anilines is 1. The summed E-state index contributed by atoms with van der Waals surface area (Å²) in [6.07, 6.45) is 10.4. The third-order valence-corrected chi connectivity index (χ3v) is 3.45. The smallest absolute Gasteiger partial charge is 0.132 e. The predicted molar refractivity (Wildman–Crippen MR) is 85.1 cm³/mol. The van der Waals surface area contributed by atoms with E-state index in [-0.39, 0.29) is 0 Å². The fraction of sp³-hybridized carbons (Fsp3) is 0.625. The van der Waals surface area contributed by atoms with Gasteiger partial charge in [0.25, 0.3) is 0 Å². The fourth-order valence-corrected chi connectivity index (χ4v) is 2.34. The highest BCUT2D eigenvalue weighted by atomic mass is 35.5. The van der Waals surface area contributed by atoms with Crippen molar-refractivity contribution in [3.8, 4) is 6.07 Å². The van der Waals surface area contributed by atoms with Gasteiger partial charge < -0.3 is 5.32 Å². The normalized spacial score (nSPS) is 10.2. The van der Waals surface area contributed by atoms with E-state index in [1.165, 1.54) is 44.9 Å². The first-order chi connectivity index (χ1) is 9.76. The standard InChI is InChI=1S/C16H24ClN3/c1-2-3-4-5-6-7-8-9-10-19-16-12-14(13-18)11-15(17)20-16/h11-12H,2-10H2,1H3,(H,19,20). The van der Waals surface area contributed by atoms with Crippen LogP contribution in [0.4, 0.5) is 5.82 Å². The van der Waals surface area contributed by atoms with E-state index in [1.807, 2.05) is 0 Å². The van der Waals surface area contributed by atoms with Gasteiger partial charge in [-0.3, -0.25) is 0 Å². The van der Waals surface area contributed by atoms with Gasteiger partial charge in [-0.15, -0.1) is 0 Å². The van der Waals surface area contributed by atoms with E-state index in [9.17, 15) is 0 Å². The second-order valence-electron chi connectivity index (χ2n) is 5.08. The molecular weight excluding hydrogens is 270 g/mol. The van der Waals surface area contributed by atoms with Crippen molar-refractivity contribution >= 4 is 17.4 Å². The van der Waals surface area contributed by atoms with Gasteiger partial charge >= 0.3 is 0 Å². The number of hydrogen-bond acceptors (Lipinski definition) is 3. The summed E-state index contributed by atoms with van der Waals surface area (Å²) in [5.74, 6) is 0.692. The van der Waals surface area contributed by atoms with Crippen molar-refractivity contribution in [2.75, 3.05) is 11.9 Å². The summed E-state index contributed by atoms with van der Waals surface area (Å²) < 4.78 is 0. The molecule has 0 amide bonds. The van der Waals surface area contributed by atoms with E-state index in [4.69, 9.17) is 16.9 Å². The van der Waals surface area contributed by atoms with Crippen LogP contribution < -0.4 is 5.32 Å². The monoisotopic (exact) mass is 293 g/mol. The summed E-state index contributed by atoms with van der Waals surface area (Å²) in [5.41, 5.74) is 0.545. The highest BCUT2D eigenvalue weighted by molar-refractivity contribution is 6.29. The van der Waals surface area contributed by atoms with Crippen molar-refractivity contribution < 1.29 is 0 Å². The lowest BCUT2D eigenvalue weighted by Crippen LogP contribution is -2.03. The molecule has 0 aliphatic heterocycles. The molecule has 0 unspecified atom stereocenters. The topological polar surface area (TPSA) is 48.7 Å². The van der Waals surface area contributed by atoms with E-state index in [0.29, 0.717) is 16.5 Å². The lowest BCUT2D eigenvalue weighted by Gasteiger charge is -2.06. The number of halogens is 1. The Morgan fingerprint density at radius 1 is 1.10 bits per heavy atom. The lowest BCUT2D eigenvalue weighted by molar-refractivity contribution is 0.581. The van der Waals surface area contributed by atoms with E-state index in [0.717, 1.165) is 13.0 Å². The Morgan fingerprint density at radius 3 is 2.40 bits per heavy atom. The molecule has 0 bridgehead atoms. The fourth-order valence-electron chi connectivity index (χ4n) is 2.13. The average molecular weight is 294 g/mol. The van der Waals surface area contributed by atoms with Crippen molar-refractivity contribution in [1.29, 1.82) is 5.26 Å². The Bertz CT molecular complexity index is 426. The number of aromatic nitrogens is 1. The van der Waals surface area contributed by atoms with Gasteiger partial charge in [-0.05, 0) is 18.6 Å². The zero-order chi connectivity index (χ0) is 14.6. The Hall–Kier alpha value is -1.27. The average Bonchev–Trinajstić information content (AvgIpc) is 2.45. The first-order valence-electron chi connectivity index (χ1n) is 7.58. The van der Waals surface area contributed by atoms with Crippen molar-refractivity contribution in [2.24, 2.45) is 0 Å². The van der Waals surface area contributed by atoms with Gasteiger partial charge in [0.2, 0.25) is 0 Å². The van der Waals surface area contributed by atoms with Crippen LogP contribution in [0.15, 0.2) is 12.1 Å². The maximum absolute atomic E-state index is 8.85. The second kappa shape index (κ2) is 10.5. The summed E-state index contributed by atoms with van der Waals surface area (Å²) in [6.45, 7) is 3.13. The maximum Gasteiger partial charge on any atom is 0.132 e. The van der Waals surface area contributed by atoms with Gasteiger partial charge in [0.15, 0.2) is 0 Å². The number of nitrogens with one attached hydrogen (secondary N) is 1. The molecule has 20 heavy (non-hydrogen) atoms. The Balaban J connectivity index is 2.10. The molecule has 0 spiro atoms. The van der Waals surface area contributed by atoms with Gasteiger partial charge in [-0.25, -0.2) is 4.98 Å². The van der Waals surface area contributed by atoms with Gasteiger partial charge in [-0.1, -0.05) is 63.5 Å². The Kier molecular flexibility index (Phi) is 8.82. The van der Waals surface area contributed by atoms with Crippen molar-refractivity contribution in [3.05, 3.63) is 22.8 Å². The second-order valence-corrected chi connectivity index (χ2v) is 5.46. The zero-order valence-corrected chi connectivity index (χ0v) is 13.0. The van der Waals surface area contributed by atoms with E-state index < -0.39 is 0 Å². The summed E-state index contributed by atoms with van der Waals surface area (Å²) >= 11 is 5.85. The molecule has 110 valence electrons. The SMILES string of the molecule is CCCCCCCCCCNc1cc(C#N)cc(Cl)n1.